The van der Waals surface area contributed by atoms with Crippen molar-refractivity contribution in [3.63, 3.8) is 0 Å². The van der Waals surface area contributed by atoms with E-state index in [-0.39, 0.29) is 10.8 Å². The molecule has 3 heterocycles. The molecule has 34 heavy (non-hydrogen) atoms. The summed E-state index contributed by atoms with van der Waals surface area (Å²) < 4.78 is 40.8. The third kappa shape index (κ3) is 5.77. The number of nitrogens with one attached hydrogen (secondary N) is 2. The van der Waals surface area contributed by atoms with Gasteiger partial charge in [-0.25, -0.2) is 17.8 Å². The van der Waals surface area contributed by atoms with E-state index in [2.05, 4.69) is 20.0 Å². The first-order chi connectivity index (χ1) is 16.2. The van der Waals surface area contributed by atoms with Crippen LogP contribution in [0.25, 0.3) is 22.3 Å². The monoisotopic (exact) mass is 500 g/mol. The lowest BCUT2D eigenvalue weighted by Gasteiger charge is -2.13. The van der Waals surface area contributed by atoms with E-state index in [0.717, 1.165) is 0 Å². The third-order valence-electron chi connectivity index (χ3n) is 4.90. The Kier molecular flexibility index (Phi) is 6.92. The minimum Gasteiger partial charge on any atom is -0.354 e. The van der Waals surface area contributed by atoms with E-state index in [0.29, 0.717) is 45.9 Å². The van der Waals surface area contributed by atoms with Crippen LogP contribution >= 0.6 is 11.6 Å². The second-order valence-electron chi connectivity index (χ2n) is 7.86. The highest BCUT2D eigenvalue weighted by molar-refractivity contribution is 7.92. The van der Waals surface area contributed by atoms with Crippen LogP contribution in [0.4, 0.5) is 21.5 Å². The van der Waals surface area contributed by atoms with E-state index in [1.807, 2.05) is 20.2 Å². The van der Waals surface area contributed by atoms with Crippen molar-refractivity contribution in [2.24, 2.45) is 0 Å². The zero-order valence-corrected chi connectivity index (χ0v) is 20.0. The highest BCUT2D eigenvalue weighted by atomic mass is 35.5. The van der Waals surface area contributed by atoms with Crippen LogP contribution in [0, 0.1) is 5.82 Å². The number of pyridine rings is 3. The Labute approximate surface area is 201 Å². The molecule has 0 bridgehead atoms. The Morgan fingerprint density at radius 2 is 1.88 bits per heavy atom. The van der Waals surface area contributed by atoms with Gasteiger partial charge >= 0.3 is 0 Å². The maximum Gasteiger partial charge on any atom is 0.234 e. The van der Waals surface area contributed by atoms with Gasteiger partial charge in [0.25, 0.3) is 0 Å². The number of benzene rings is 1. The van der Waals surface area contributed by atoms with E-state index in [1.54, 1.807) is 41.6 Å². The molecule has 0 spiro atoms. The van der Waals surface area contributed by atoms with E-state index in [4.69, 9.17) is 16.6 Å². The first-order valence-electron chi connectivity index (χ1n) is 10.3. The van der Waals surface area contributed by atoms with Gasteiger partial charge in [-0.2, -0.15) is 0 Å². The lowest BCUT2D eigenvalue weighted by atomic mass is 10.1. The standard InChI is InChI=1S/C23H22ClFN6O2S/c1-31(2)9-10-34(32,33)30-17-11-15(13-26-14-17)20-5-6-21-23(29-20)22(7-8-27-21)28-16-3-4-19(25)18(24)12-16/h3-8,11-14,30H,9-10H2,1-2H3,(H,27,28). The molecule has 0 aliphatic heterocycles. The fraction of sp³-hybridized carbons (Fsp3) is 0.174. The highest BCUT2D eigenvalue weighted by Gasteiger charge is 2.13. The summed E-state index contributed by atoms with van der Waals surface area (Å²) in [5.41, 5.74) is 4.05. The largest absolute Gasteiger partial charge is 0.354 e. The second-order valence-corrected chi connectivity index (χ2v) is 10.1. The fourth-order valence-corrected chi connectivity index (χ4v) is 4.54. The summed E-state index contributed by atoms with van der Waals surface area (Å²) >= 11 is 5.90. The van der Waals surface area contributed by atoms with Crippen molar-refractivity contribution in [1.29, 1.82) is 0 Å². The smallest absolute Gasteiger partial charge is 0.234 e. The molecule has 0 amide bonds. The Morgan fingerprint density at radius 1 is 1.06 bits per heavy atom. The minimum absolute atomic E-state index is 0.00735. The Morgan fingerprint density at radius 3 is 2.65 bits per heavy atom. The van der Waals surface area contributed by atoms with Gasteiger partial charge in [-0.3, -0.25) is 14.7 Å². The molecule has 0 unspecified atom stereocenters. The van der Waals surface area contributed by atoms with E-state index in [1.165, 1.54) is 18.3 Å². The van der Waals surface area contributed by atoms with Gasteiger partial charge in [0.15, 0.2) is 0 Å². The van der Waals surface area contributed by atoms with Crippen molar-refractivity contribution in [3.05, 3.63) is 71.9 Å². The number of rotatable bonds is 8. The number of fused-ring (bicyclic) bond motifs is 1. The Bertz CT molecular complexity index is 1450. The molecule has 8 nitrogen and oxygen atoms in total. The third-order valence-corrected chi connectivity index (χ3v) is 6.45. The lowest BCUT2D eigenvalue weighted by Crippen LogP contribution is -2.26. The van der Waals surface area contributed by atoms with Crippen molar-refractivity contribution in [2.75, 3.05) is 36.4 Å². The second kappa shape index (κ2) is 9.88. The average Bonchev–Trinajstić information content (AvgIpc) is 2.80. The molecule has 3 aromatic heterocycles. The number of halogens is 2. The minimum atomic E-state index is -3.52. The van der Waals surface area contributed by atoms with Crippen LogP contribution in [-0.2, 0) is 10.0 Å². The maximum atomic E-state index is 13.5. The van der Waals surface area contributed by atoms with Gasteiger partial charge in [0.1, 0.15) is 11.3 Å². The van der Waals surface area contributed by atoms with Gasteiger partial charge in [-0.1, -0.05) is 11.6 Å². The van der Waals surface area contributed by atoms with E-state index >= 15 is 0 Å². The lowest BCUT2D eigenvalue weighted by molar-refractivity contribution is 0.432. The quantitative estimate of drug-likeness (QED) is 0.366. The van der Waals surface area contributed by atoms with Crippen molar-refractivity contribution < 1.29 is 12.8 Å². The Hall–Kier alpha value is -3.34. The van der Waals surface area contributed by atoms with Crippen molar-refractivity contribution in [1.82, 2.24) is 19.9 Å². The normalized spacial score (nSPS) is 11.7. The van der Waals surface area contributed by atoms with Gasteiger partial charge in [-0.15, -0.1) is 0 Å². The first kappa shape index (κ1) is 23.8. The topological polar surface area (TPSA) is 100 Å². The maximum absolute atomic E-state index is 13.5. The summed E-state index contributed by atoms with van der Waals surface area (Å²) in [6.07, 6.45) is 4.70. The summed E-state index contributed by atoms with van der Waals surface area (Å²) in [4.78, 5) is 15.0. The van der Waals surface area contributed by atoms with Crippen LogP contribution in [0.3, 0.4) is 0 Å². The number of anilines is 3. The molecule has 11 heteroatoms. The molecule has 0 radical (unpaired) electrons. The predicted molar refractivity (Wildman–Crippen MR) is 133 cm³/mol. The molecular formula is C23H22ClFN6O2S. The van der Waals surface area contributed by atoms with Gasteiger partial charge in [0.2, 0.25) is 10.0 Å². The molecule has 0 saturated carbocycles. The van der Waals surface area contributed by atoms with E-state index in [9.17, 15) is 12.8 Å². The van der Waals surface area contributed by atoms with Crippen LogP contribution in [-0.4, -0.2) is 54.7 Å². The van der Waals surface area contributed by atoms with Crippen molar-refractivity contribution in [2.45, 2.75) is 0 Å². The molecule has 0 fully saturated rings. The zero-order valence-electron chi connectivity index (χ0n) is 18.5. The van der Waals surface area contributed by atoms with Crippen LogP contribution in [0.1, 0.15) is 0 Å². The van der Waals surface area contributed by atoms with Crippen LogP contribution in [0.15, 0.2) is 61.1 Å². The number of aromatic nitrogens is 3. The van der Waals surface area contributed by atoms with Gasteiger partial charge in [-0.05, 0) is 56.6 Å². The summed E-state index contributed by atoms with van der Waals surface area (Å²) in [6, 6.07) is 11.4. The number of sulfonamides is 1. The number of hydrogen-bond acceptors (Lipinski definition) is 7. The molecule has 0 atom stereocenters. The summed E-state index contributed by atoms with van der Waals surface area (Å²) in [6.45, 7) is 0.400. The van der Waals surface area contributed by atoms with Gasteiger partial charge in [0, 0.05) is 30.2 Å². The molecule has 0 saturated heterocycles. The molecular weight excluding hydrogens is 479 g/mol. The van der Waals surface area contributed by atoms with Crippen molar-refractivity contribution >= 4 is 49.7 Å². The summed E-state index contributed by atoms with van der Waals surface area (Å²) in [5, 5.41) is 3.20. The fourth-order valence-electron chi connectivity index (χ4n) is 3.19. The molecule has 1 aromatic carbocycles. The first-order valence-corrected chi connectivity index (χ1v) is 12.3. The van der Waals surface area contributed by atoms with Gasteiger partial charge < -0.3 is 10.2 Å². The summed E-state index contributed by atoms with van der Waals surface area (Å²) in [5.74, 6) is -0.538. The van der Waals surface area contributed by atoms with Gasteiger partial charge in [0.05, 0.1) is 39.6 Å². The molecule has 0 aliphatic rings. The molecule has 0 aliphatic carbocycles. The highest BCUT2D eigenvalue weighted by Crippen LogP contribution is 2.29. The van der Waals surface area contributed by atoms with Crippen LogP contribution < -0.4 is 10.0 Å². The number of nitrogens with zero attached hydrogens (tertiary/aromatic N) is 4. The SMILES string of the molecule is CN(C)CCS(=O)(=O)Nc1cncc(-c2ccc3nccc(Nc4ccc(F)c(Cl)c4)c3n2)c1. The molecule has 4 rings (SSSR count). The Balaban J connectivity index is 1.64. The van der Waals surface area contributed by atoms with Crippen molar-refractivity contribution in [3.8, 4) is 11.3 Å². The van der Waals surface area contributed by atoms with Crippen LogP contribution in [0.5, 0.6) is 0 Å². The molecule has 176 valence electrons. The number of hydrogen-bond donors (Lipinski definition) is 2. The predicted octanol–water partition coefficient (Wildman–Crippen LogP) is 4.53. The molecule has 2 N–H and O–H groups in total. The van der Waals surface area contributed by atoms with Crippen LogP contribution in [0.2, 0.25) is 5.02 Å². The van der Waals surface area contributed by atoms with E-state index < -0.39 is 15.8 Å². The average molecular weight is 501 g/mol. The summed E-state index contributed by atoms with van der Waals surface area (Å²) in [7, 11) is 0.102. The zero-order chi connectivity index (χ0) is 24.3. The molecule has 4 aromatic rings.